The standard InChI is InChI=1S/C11H11FIN3O3S/c1-6-8(5-17)11(15-14-6)20(18,19)16-10-3-2-7(12)4-9(10)13/h2-4,16-17H,5H2,1H3,(H,14,15). The van der Waals surface area contributed by atoms with Gasteiger partial charge in [-0.2, -0.15) is 13.5 Å². The number of aliphatic hydroxyl groups excluding tert-OH is 1. The van der Waals surface area contributed by atoms with E-state index in [4.69, 9.17) is 0 Å². The molecule has 6 nitrogen and oxygen atoms in total. The molecule has 2 rings (SSSR count). The van der Waals surface area contributed by atoms with Crippen LogP contribution in [0.2, 0.25) is 0 Å². The number of sulfonamides is 1. The highest BCUT2D eigenvalue weighted by Crippen LogP contribution is 2.24. The second-order valence-electron chi connectivity index (χ2n) is 4.02. The molecule has 1 aromatic heterocycles. The van der Waals surface area contributed by atoms with Crippen LogP contribution in [0, 0.1) is 16.3 Å². The molecule has 3 N–H and O–H groups in total. The monoisotopic (exact) mass is 411 g/mol. The Bertz CT molecular complexity index is 745. The van der Waals surface area contributed by atoms with Gasteiger partial charge in [-0.15, -0.1) is 0 Å². The largest absolute Gasteiger partial charge is 0.392 e. The summed E-state index contributed by atoms with van der Waals surface area (Å²) >= 11 is 1.82. The van der Waals surface area contributed by atoms with Crippen molar-refractivity contribution in [3.05, 3.63) is 38.8 Å². The van der Waals surface area contributed by atoms with E-state index >= 15 is 0 Å². The molecule has 0 aliphatic carbocycles. The molecule has 2 aromatic rings. The minimum atomic E-state index is -3.95. The number of aromatic nitrogens is 2. The molecule has 1 heterocycles. The molecular formula is C11H11FIN3O3S. The average molecular weight is 411 g/mol. The van der Waals surface area contributed by atoms with Gasteiger partial charge in [-0.3, -0.25) is 9.82 Å². The third-order valence-corrected chi connectivity index (χ3v) is 4.85. The lowest BCUT2D eigenvalue weighted by Crippen LogP contribution is -2.16. The molecule has 9 heteroatoms. The van der Waals surface area contributed by atoms with Crippen molar-refractivity contribution in [2.24, 2.45) is 0 Å². The van der Waals surface area contributed by atoms with E-state index in [1.54, 1.807) is 6.92 Å². The molecule has 0 unspecified atom stereocenters. The van der Waals surface area contributed by atoms with Crippen molar-refractivity contribution in [3.8, 4) is 0 Å². The molecule has 0 aliphatic rings. The second-order valence-corrected chi connectivity index (χ2v) is 6.78. The Morgan fingerprint density at radius 2 is 2.20 bits per heavy atom. The van der Waals surface area contributed by atoms with Crippen LogP contribution in [-0.2, 0) is 16.6 Å². The molecule has 0 radical (unpaired) electrons. The zero-order valence-electron chi connectivity index (χ0n) is 10.3. The van der Waals surface area contributed by atoms with E-state index in [9.17, 15) is 17.9 Å². The number of hydrogen-bond donors (Lipinski definition) is 3. The number of nitrogens with one attached hydrogen (secondary N) is 2. The van der Waals surface area contributed by atoms with Crippen LogP contribution < -0.4 is 4.72 Å². The number of hydrogen-bond acceptors (Lipinski definition) is 4. The van der Waals surface area contributed by atoms with E-state index in [1.165, 1.54) is 12.1 Å². The van der Waals surface area contributed by atoms with E-state index in [0.717, 1.165) is 6.07 Å². The first-order valence-electron chi connectivity index (χ1n) is 5.47. The fourth-order valence-corrected chi connectivity index (χ4v) is 3.67. The number of anilines is 1. The van der Waals surface area contributed by atoms with Gasteiger partial charge in [-0.25, -0.2) is 4.39 Å². The minimum absolute atomic E-state index is 0.203. The van der Waals surface area contributed by atoms with Crippen molar-refractivity contribution < 1.29 is 17.9 Å². The highest BCUT2D eigenvalue weighted by Gasteiger charge is 2.24. The third kappa shape index (κ3) is 2.94. The van der Waals surface area contributed by atoms with Crippen molar-refractivity contribution in [3.63, 3.8) is 0 Å². The summed E-state index contributed by atoms with van der Waals surface area (Å²) in [6, 6.07) is 3.69. The predicted octanol–water partition coefficient (Wildman–Crippen LogP) is 1.75. The Labute approximate surface area is 128 Å². The first kappa shape index (κ1) is 15.2. The Morgan fingerprint density at radius 3 is 2.80 bits per heavy atom. The smallest absolute Gasteiger partial charge is 0.281 e. The summed E-state index contributed by atoms with van der Waals surface area (Å²) in [5.41, 5.74) is 0.924. The average Bonchev–Trinajstić information content (AvgIpc) is 2.74. The predicted molar refractivity (Wildman–Crippen MR) is 79.2 cm³/mol. The van der Waals surface area contributed by atoms with Gasteiger partial charge in [0, 0.05) is 14.8 Å². The van der Waals surface area contributed by atoms with Crippen molar-refractivity contribution in [2.45, 2.75) is 18.6 Å². The summed E-state index contributed by atoms with van der Waals surface area (Å²) in [6.45, 7) is 1.16. The Balaban J connectivity index is 2.41. The number of halogens is 2. The molecule has 108 valence electrons. The van der Waals surface area contributed by atoms with Gasteiger partial charge in [0.05, 0.1) is 12.3 Å². The number of H-pyrrole nitrogens is 1. The zero-order chi connectivity index (χ0) is 14.9. The van der Waals surface area contributed by atoms with Crippen LogP contribution in [0.1, 0.15) is 11.3 Å². The maximum atomic E-state index is 13.0. The van der Waals surface area contributed by atoms with Crippen molar-refractivity contribution in [2.75, 3.05) is 4.72 Å². The lowest BCUT2D eigenvalue weighted by molar-refractivity contribution is 0.277. The first-order valence-corrected chi connectivity index (χ1v) is 8.04. The molecule has 0 bridgehead atoms. The van der Waals surface area contributed by atoms with E-state index < -0.39 is 22.4 Å². The number of rotatable bonds is 4. The zero-order valence-corrected chi connectivity index (χ0v) is 13.3. The molecule has 0 fully saturated rings. The van der Waals surface area contributed by atoms with Crippen LogP contribution in [0.5, 0.6) is 0 Å². The summed E-state index contributed by atoms with van der Waals surface area (Å²) in [5, 5.41) is 15.1. The number of nitrogens with zero attached hydrogens (tertiary/aromatic N) is 1. The molecule has 0 amide bonds. The summed E-state index contributed by atoms with van der Waals surface area (Å²) in [6.07, 6.45) is 0. The highest BCUT2D eigenvalue weighted by atomic mass is 127. The topological polar surface area (TPSA) is 95.1 Å². The molecular weight excluding hydrogens is 400 g/mol. The number of aryl methyl sites for hydroxylation is 1. The lowest BCUT2D eigenvalue weighted by atomic mass is 10.3. The fraction of sp³-hybridized carbons (Fsp3) is 0.182. The molecule has 0 aliphatic heterocycles. The third-order valence-electron chi connectivity index (χ3n) is 2.62. The van der Waals surface area contributed by atoms with Crippen LogP contribution in [-0.4, -0.2) is 23.7 Å². The van der Waals surface area contributed by atoms with Gasteiger partial charge in [-0.05, 0) is 47.7 Å². The van der Waals surface area contributed by atoms with Gasteiger partial charge in [0.2, 0.25) is 5.03 Å². The first-order chi connectivity index (χ1) is 9.35. The molecule has 0 saturated heterocycles. The number of aromatic amines is 1. The van der Waals surface area contributed by atoms with Crippen LogP contribution in [0.25, 0.3) is 0 Å². The normalized spacial score (nSPS) is 11.6. The van der Waals surface area contributed by atoms with Crippen LogP contribution >= 0.6 is 22.6 Å². The fourth-order valence-electron chi connectivity index (χ4n) is 1.60. The quantitative estimate of drug-likeness (QED) is 0.669. The minimum Gasteiger partial charge on any atom is -0.392 e. The second kappa shape index (κ2) is 5.66. The van der Waals surface area contributed by atoms with Gasteiger partial charge in [0.15, 0.2) is 0 Å². The Morgan fingerprint density at radius 1 is 1.50 bits per heavy atom. The van der Waals surface area contributed by atoms with Crippen molar-refractivity contribution >= 4 is 38.3 Å². The van der Waals surface area contributed by atoms with Crippen molar-refractivity contribution in [1.82, 2.24) is 10.2 Å². The van der Waals surface area contributed by atoms with Gasteiger partial charge in [0.1, 0.15) is 5.82 Å². The van der Waals surface area contributed by atoms with Gasteiger partial charge in [-0.1, -0.05) is 0 Å². The molecule has 0 spiro atoms. The SMILES string of the molecule is Cc1[nH]nc(S(=O)(=O)Nc2ccc(F)cc2I)c1CO. The van der Waals surface area contributed by atoms with E-state index in [2.05, 4.69) is 14.9 Å². The van der Waals surface area contributed by atoms with Gasteiger partial charge in [0.25, 0.3) is 10.0 Å². The summed E-state index contributed by atoms with van der Waals surface area (Å²) in [5.74, 6) is -0.455. The van der Waals surface area contributed by atoms with Crippen LogP contribution in [0.15, 0.2) is 23.2 Å². The highest BCUT2D eigenvalue weighted by molar-refractivity contribution is 14.1. The lowest BCUT2D eigenvalue weighted by Gasteiger charge is -2.09. The van der Waals surface area contributed by atoms with Gasteiger partial charge >= 0.3 is 0 Å². The maximum Gasteiger partial charge on any atom is 0.281 e. The van der Waals surface area contributed by atoms with Crippen molar-refractivity contribution in [1.29, 1.82) is 0 Å². The molecule has 1 aromatic carbocycles. The van der Waals surface area contributed by atoms with E-state index in [1.807, 2.05) is 22.6 Å². The molecule has 20 heavy (non-hydrogen) atoms. The molecule has 0 atom stereocenters. The molecule has 0 saturated carbocycles. The Hall–Kier alpha value is -1.20. The summed E-state index contributed by atoms with van der Waals surface area (Å²) < 4.78 is 40.2. The van der Waals surface area contributed by atoms with Gasteiger partial charge < -0.3 is 5.11 Å². The maximum absolute atomic E-state index is 13.0. The van der Waals surface area contributed by atoms with E-state index in [-0.39, 0.29) is 16.3 Å². The van der Waals surface area contributed by atoms with E-state index in [0.29, 0.717) is 9.26 Å². The summed E-state index contributed by atoms with van der Waals surface area (Å²) in [4.78, 5) is 0. The summed E-state index contributed by atoms with van der Waals surface area (Å²) in [7, 11) is -3.95. The van der Waals surface area contributed by atoms with Crippen LogP contribution in [0.3, 0.4) is 0 Å². The number of benzene rings is 1. The Kier molecular flexibility index (Phi) is 4.30. The van der Waals surface area contributed by atoms with Crippen LogP contribution in [0.4, 0.5) is 10.1 Å². The number of aliphatic hydroxyl groups is 1.